The van der Waals surface area contributed by atoms with Crippen LogP contribution in [0, 0.1) is 5.92 Å². The average Bonchev–Trinajstić information content (AvgIpc) is 2.78. The highest BCUT2D eigenvalue weighted by Gasteiger charge is 2.23. The molecule has 5 heteroatoms. The number of alkyl halides is 1. The van der Waals surface area contributed by atoms with E-state index in [2.05, 4.69) is 14.9 Å². The van der Waals surface area contributed by atoms with Crippen molar-refractivity contribution in [3.63, 3.8) is 0 Å². The fourth-order valence-corrected chi connectivity index (χ4v) is 2.13. The zero-order valence-electron chi connectivity index (χ0n) is 9.40. The standard InChI is InChI=1S/C11H16ClN3O/c1-2-16-11-7-13-6-10(14-11)15-4-3-9(5-12)8-15/h6-7,9H,2-5,8H2,1H3. The van der Waals surface area contributed by atoms with Crippen LogP contribution >= 0.6 is 11.6 Å². The molecule has 0 N–H and O–H groups in total. The molecule has 2 heterocycles. The summed E-state index contributed by atoms with van der Waals surface area (Å²) in [5, 5.41) is 0. The number of halogens is 1. The van der Waals surface area contributed by atoms with Crippen molar-refractivity contribution in [2.24, 2.45) is 5.92 Å². The monoisotopic (exact) mass is 241 g/mol. The van der Waals surface area contributed by atoms with Gasteiger partial charge >= 0.3 is 0 Å². The minimum absolute atomic E-state index is 0.569. The molecule has 0 aliphatic carbocycles. The number of nitrogens with zero attached hydrogens (tertiary/aromatic N) is 3. The molecule has 2 rings (SSSR count). The maximum Gasteiger partial charge on any atom is 0.234 e. The van der Waals surface area contributed by atoms with Crippen LogP contribution in [0.1, 0.15) is 13.3 Å². The normalized spacial score (nSPS) is 20.1. The molecule has 0 amide bonds. The molecule has 1 aromatic heterocycles. The van der Waals surface area contributed by atoms with Gasteiger partial charge in [-0.1, -0.05) is 0 Å². The van der Waals surface area contributed by atoms with E-state index < -0.39 is 0 Å². The van der Waals surface area contributed by atoms with Crippen LogP contribution in [0.2, 0.25) is 0 Å². The van der Waals surface area contributed by atoms with Crippen molar-refractivity contribution in [3.8, 4) is 5.88 Å². The quantitative estimate of drug-likeness (QED) is 0.756. The molecular formula is C11H16ClN3O. The lowest BCUT2D eigenvalue weighted by atomic mass is 10.2. The third-order valence-electron chi connectivity index (χ3n) is 2.72. The second kappa shape index (κ2) is 5.34. The Morgan fingerprint density at radius 3 is 3.12 bits per heavy atom. The number of hydrogen-bond acceptors (Lipinski definition) is 4. The molecule has 1 aliphatic heterocycles. The SMILES string of the molecule is CCOc1cncc(N2CCC(CCl)C2)n1. The molecule has 4 nitrogen and oxygen atoms in total. The van der Waals surface area contributed by atoms with Gasteiger partial charge in [0.05, 0.1) is 19.0 Å². The highest BCUT2D eigenvalue weighted by Crippen LogP contribution is 2.23. The summed E-state index contributed by atoms with van der Waals surface area (Å²) in [6.07, 6.45) is 4.55. The predicted octanol–water partition coefficient (Wildman–Crippen LogP) is 1.94. The van der Waals surface area contributed by atoms with Gasteiger partial charge in [0.1, 0.15) is 0 Å². The van der Waals surface area contributed by atoms with Gasteiger partial charge in [-0.2, -0.15) is 4.98 Å². The zero-order valence-corrected chi connectivity index (χ0v) is 10.2. The molecule has 1 fully saturated rings. The van der Waals surface area contributed by atoms with E-state index in [-0.39, 0.29) is 0 Å². The van der Waals surface area contributed by atoms with Crippen LogP contribution in [0.15, 0.2) is 12.4 Å². The van der Waals surface area contributed by atoms with E-state index in [4.69, 9.17) is 16.3 Å². The zero-order chi connectivity index (χ0) is 11.4. The maximum atomic E-state index is 5.85. The molecule has 88 valence electrons. The minimum Gasteiger partial charge on any atom is -0.477 e. The summed E-state index contributed by atoms with van der Waals surface area (Å²) in [4.78, 5) is 10.8. The Kier molecular flexibility index (Phi) is 3.83. The second-order valence-electron chi connectivity index (χ2n) is 3.90. The smallest absolute Gasteiger partial charge is 0.234 e. The number of aromatic nitrogens is 2. The van der Waals surface area contributed by atoms with Crippen molar-refractivity contribution in [3.05, 3.63) is 12.4 Å². The van der Waals surface area contributed by atoms with Crippen LogP contribution < -0.4 is 9.64 Å². The van der Waals surface area contributed by atoms with Crippen molar-refractivity contribution in [1.29, 1.82) is 0 Å². The molecule has 1 unspecified atom stereocenters. The van der Waals surface area contributed by atoms with E-state index in [1.54, 1.807) is 12.4 Å². The fraction of sp³-hybridized carbons (Fsp3) is 0.636. The number of hydrogen-bond donors (Lipinski definition) is 0. The molecule has 1 aromatic rings. The molecular weight excluding hydrogens is 226 g/mol. The lowest BCUT2D eigenvalue weighted by molar-refractivity contribution is 0.325. The Labute approximate surface area is 101 Å². The van der Waals surface area contributed by atoms with Crippen LogP contribution in [0.4, 0.5) is 5.82 Å². The lowest BCUT2D eigenvalue weighted by Gasteiger charge is -2.17. The van der Waals surface area contributed by atoms with Crippen molar-refractivity contribution < 1.29 is 4.74 Å². The second-order valence-corrected chi connectivity index (χ2v) is 4.21. The molecule has 1 saturated heterocycles. The number of anilines is 1. The van der Waals surface area contributed by atoms with E-state index in [1.165, 1.54) is 0 Å². The Morgan fingerprint density at radius 2 is 2.44 bits per heavy atom. The topological polar surface area (TPSA) is 38.2 Å². The Morgan fingerprint density at radius 1 is 1.56 bits per heavy atom. The molecule has 1 aliphatic rings. The molecule has 0 aromatic carbocycles. The molecule has 0 bridgehead atoms. The Balaban J connectivity index is 2.06. The van der Waals surface area contributed by atoms with Crippen molar-refractivity contribution in [2.45, 2.75) is 13.3 Å². The fourth-order valence-electron chi connectivity index (χ4n) is 1.87. The summed E-state index contributed by atoms with van der Waals surface area (Å²) in [5.74, 6) is 2.77. The van der Waals surface area contributed by atoms with Gasteiger partial charge in [-0.3, -0.25) is 4.98 Å². The first-order valence-electron chi connectivity index (χ1n) is 5.59. The predicted molar refractivity (Wildman–Crippen MR) is 64.2 cm³/mol. The minimum atomic E-state index is 0.569. The molecule has 0 radical (unpaired) electrons. The lowest BCUT2D eigenvalue weighted by Crippen LogP contribution is -2.21. The highest BCUT2D eigenvalue weighted by molar-refractivity contribution is 6.18. The van der Waals surface area contributed by atoms with Gasteiger partial charge in [0.25, 0.3) is 0 Å². The van der Waals surface area contributed by atoms with Gasteiger partial charge in [-0.25, -0.2) is 0 Å². The van der Waals surface area contributed by atoms with Gasteiger partial charge in [0.2, 0.25) is 5.88 Å². The first-order chi connectivity index (χ1) is 7.83. The van der Waals surface area contributed by atoms with Crippen molar-refractivity contribution >= 4 is 17.4 Å². The first-order valence-corrected chi connectivity index (χ1v) is 6.12. The third-order valence-corrected chi connectivity index (χ3v) is 3.16. The Hall–Kier alpha value is -1.03. The summed E-state index contributed by atoms with van der Waals surface area (Å²) in [7, 11) is 0. The number of rotatable bonds is 4. The van der Waals surface area contributed by atoms with Gasteiger partial charge in [0, 0.05) is 19.0 Å². The van der Waals surface area contributed by atoms with Gasteiger partial charge < -0.3 is 9.64 Å². The van der Waals surface area contributed by atoms with Gasteiger partial charge in [-0.05, 0) is 19.3 Å². The Bertz CT molecular complexity index is 348. The molecule has 0 saturated carbocycles. The van der Waals surface area contributed by atoms with Crippen LogP contribution in [-0.2, 0) is 0 Å². The average molecular weight is 242 g/mol. The van der Waals surface area contributed by atoms with Crippen molar-refractivity contribution in [2.75, 3.05) is 30.5 Å². The third kappa shape index (κ3) is 2.55. The van der Waals surface area contributed by atoms with Crippen LogP contribution in [0.25, 0.3) is 0 Å². The summed E-state index contributed by atoms with van der Waals surface area (Å²) in [6, 6.07) is 0. The molecule has 0 spiro atoms. The van der Waals surface area contributed by atoms with Crippen LogP contribution in [-0.4, -0.2) is 35.5 Å². The van der Waals surface area contributed by atoms with E-state index in [9.17, 15) is 0 Å². The van der Waals surface area contributed by atoms with Gasteiger partial charge in [-0.15, -0.1) is 11.6 Å². The van der Waals surface area contributed by atoms with Crippen LogP contribution in [0.3, 0.4) is 0 Å². The summed E-state index contributed by atoms with van der Waals surface area (Å²) >= 11 is 5.85. The highest BCUT2D eigenvalue weighted by atomic mass is 35.5. The largest absolute Gasteiger partial charge is 0.477 e. The summed E-state index contributed by atoms with van der Waals surface area (Å²) in [6.45, 7) is 4.52. The summed E-state index contributed by atoms with van der Waals surface area (Å²) < 4.78 is 5.33. The van der Waals surface area contributed by atoms with Crippen LogP contribution in [0.5, 0.6) is 5.88 Å². The van der Waals surface area contributed by atoms with E-state index in [0.717, 1.165) is 31.2 Å². The number of ether oxygens (including phenoxy) is 1. The summed E-state index contributed by atoms with van der Waals surface area (Å²) in [5.41, 5.74) is 0. The molecule has 1 atom stereocenters. The first kappa shape index (κ1) is 11.5. The van der Waals surface area contributed by atoms with Crippen molar-refractivity contribution in [1.82, 2.24) is 9.97 Å². The van der Waals surface area contributed by atoms with E-state index >= 15 is 0 Å². The molecule has 16 heavy (non-hydrogen) atoms. The van der Waals surface area contributed by atoms with E-state index in [1.807, 2.05) is 6.92 Å². The van der Waals surface area contributed by atoms with Gasteiger partial charge in [0.15, 0.2) is 5.82 Å². The van der Waals surface area contributed by atoms with E-state index in [0.29, 0.717) is 18.4 Å². The maximum absolute atomic E-state index is 5.85.